The molecule has 108 valence electrons. The highest BCUT2D eigenvalue weighted by Gasteiger charge is 2.47. The van der Waals surface area contributed by atoms with Gasteiger partial charge in [-0.15, -0.1) is 0 Å². The van der Waals surface area contributed by atoms with Crippen molar-refractivity contribution >= 4 is 5.91 Å². The molecule has 0 spiro atoms. The van der Waals surface area contributed by atoms with Crippen LogP contribution in [-0.4, -0.2) is 25.0 Å². The molecule has 4 saturated carbocycles. The molecule has 4 rings (SSSR count). The highest BCUT2D eigenvalue weighted by Crippen LogP contribution is 2.53. The molecule has 0 atom stereocenters. The minimum atomic E-state index is 0.0983. The summed E-state index contributed by atoms with van der Waals surface area (Å²) in [6, 6.07) is 0.740. The van der Waals surface area contributed by atoms with Crippen LogP contribution in [0.2, 0.25) is 0 Å². The van der Waals surface area contributed by atoms with Gasteiger partial charge in [-0.3, -0.25) is 4.79 Å². The van der Waals surface area contributed by atoms with Crippen LogP contribution < -0.4 is 10.6 Å². The standard InChI is InChI=1S/C16H28N2O/c1-10(2)16(19)18-4-3-17-15-13-6-11-5-12(8-13)9-14(15)7-11/h10-15,17H,3-9H2,1-2H3,(H,18,19). The molecule has 4 bridgehead atoms. The van der Waals surface area contributed by atoms with Gasteiger partial charge in [0.2, 0.25) is 5.91 Å². The number of nitrogens with one attached hydrogen (secondary N) is 2. The number of carbonyl (C=O) groups is 1. The van der Waals surface area contributed by atoms with Crippen LogP contribution in [0.1, 0.15) is 46.0 Å². The first-order chi connectivity index (χ1) is 9.13. The lowest BCUT2D eigenvalue weighted by Crippen LogP contribution is -2.55. The normalized spacial score (nSPS) is 39.8. The maximum absolute atomic E-state index is 11.5. The van der Waals surface area contributed by atoms with Gasteiger partial charge in [0.15, 0.2) is 0 Å². The first kappa shape index (κ1) is 13.4. The lowest BCUT2D eigenvalue weighted by Gasteiger charge is -2.54. The van der Waals surface area contributed by atoms with E-state index in [9.17, 15) is 4.79 Å². The van der Waals surface area contributed by atoms with Gasteiger partial charge >= 0.3 is 0 Å². The largest absolute Gasteiger partial charge is 0.355 e. The molecule has 0 radical (unpaired) electrons. The Morgan fingerprint density at radius 2 is 1.58 bits per heavy atom. The molecule has 0 saturated heterocycles. The third-order valence-corrected chi connectivity index (χ3v) is 5.56. The molecule has 0 aromatic rings. The SMILES string of the molecule is CC(C)C(=O)NCCNC1C2CC3CC(C2)CC1C3. The third kappa shape index (κ3) is 2.81. The molecule has 3 nitrogen and oxygen atoms in total. The fraction of sp³-hybridized carbons (Fsp3) is 0.938. The van der Waals surface area contributed by atoms with E-state index in [1.54, 1.807) is 0 Å². The molecular formula is C16H28N2O. The number of carbonyl (C=O) groups excluding carboxylic acids is 1. The molecule has 19 heavy (non-hydrogen) atoms. The number of rotatable bonds is 5. The van der Waals surface area contributed by atoms with E-state index in [4.69, 9.17) is 0 Å². The molecule has 0 aromatic heterocycles. The van der Waals surface area contributed by atoms with E-state index >= 15 is 0 Å². The smallest absolute Gasteiger partial charge is 0.222 e. The summed E-state index contributed by atoms with van der Waals surface area (Å²) in [7, 11) is 0. The molecule has 4 aliphatic rings. The zero-order valence-electron chi connectivity index (χ0n) is 12.3. The Morgan fingerprint density at radius 3 is 2.11 bits per heavy atom. The van der Waals surface area contributed by atoms with E-state index in [2.05, 4.69) is 10.6 Å². The molecule has 0 heterocycles. The van der Waals surface area contributed by atoms with Crippen LogP contribution in [0.4, 0.5) is 0 Å². The average molecular weight is 264 g/mol. The molecule has 4 fully saturated rings. The van der Waals surface area contributed by atoms with Gasteiger partial charge in [0, 0.05) is 25.0 Å². The molecule has 3 heteroatoms. The van der Waals surface area contributed by atoms with Crippen molar-refractivity contribution in [3.63, 3.8) is 0 Å². The molecule has 0 aromatic carbocycles. The second-order valence-corrected chi connectivity index (χ2v) is 7.36. The Kier molecular flexibility index (Phi) is 3.84. The lowest BCUT2D eigenvalue weighted by molar-refractivity contribution is -0.123. The van der Waals surface area contributed by atoms with E-state index in [1.165, 1.54) is 32.1 Å². The van der Waals surface area contributed by atoms with Gasteiger partial charge in [-0.1, -0.05) is 13.8 Å². The van der Waals surface area contributed by atoms with Crippen molar-refractivity contribution in [1.29, 1.82) is 0 Å². The Hall–Kier alpha value is -0.570. The van der Waals surface area contributed by atoms with E-state index in [-0.39, 0.29) is 11.8 Å². The van der Waals surface area contributed by atoms with Crippen LogP contribution in [0.3, 0.4) is 0 Å². The van der Waals surface area contributed by atoms with E-state index < -0.39 is 0 Å². The van der Waals surface area contributed by atoms with Crippen molar-refractivity contribution in [1.82, 2.24) is 10.6 Å². The summed E-state index contributed by atoms with van der Waals surface area (Å²) in [6.07, 6.45) is 7.36. The van der Waals surface area contributed by atoms with Gasteiger partial charge < -0.3 is 10.6 Å². The second kappa shape index (κ2) is 5.43. The van der Waals surface area contributed by atoms with Crippen molar-refractivity contribution in [3.05, 3.63) is 0 Å². The van der Waals surface area contributed by atoms with Gasteiger partial charge in [-0.05, 0) is 55.8 Å². The zero-order chi connectivity index (χ0) is 13.4. The topological polar surface area (TPSA) is 41.1 Å². The fourth-order valence-electron chi connectivity index (χ4n) is 4.89. The molecule has 2 N–H and O–H groups in total. The minimum Gasteiger partial charge on any atom is -0.355 e. The summed E-state index contributed by atoms with van der Waals surface area (Å²) in [5.41, 5.74) is 0. The van der Waals surface area contributed by atoms with E-state index in [0.717, 1.165) is 42.8 Å². The van der Waals surface area contributed by atoms with Crippen LogP contribution in [-0.2, 0) is 4.79 Å². The van der Waals surface area contributed by atoms with Crippen molar-refractivity contribution in [3.8, 4) is 0 Å². The summed E-state index contributed by atoms with van der Waals surface area (Å²) in [6.45, 7) is 5.60. The summed E-state index contributed by atoms with van der Waals surface area (Å²) in [4.78, 5) is 11.5. The van der Waals surface area contributed by atoms with Gasteiger partial charge in [0.05, 0.1) is 0 Å². The average Bonchev–Trinajstić information content (AvgIpc) is 2.35. The van der Waals surface area contributed by atoms with E-state index in [1.807, 2.05) is 13.8 Å². The highest BCUT2D eigenvalue weighted by atomic mass is 16.1. The van der Waals surface area contributed by atoms with Crippen molar-refractivity contribution in [2.75, 3.05) is 13.1 Å². The predicted molar refractivity (Wildman–Crippen MR) is 76.7 cm³/mol. The first-order valence-corrected chi connectivity index (χ1v) is 8.14. The first-order valence-electron chi connectivity index (χ1n) is 8.14. The summed E-state index contributed by atoms with van der Waals surface area (Å²) >= 11 is 0. The summed E-state index contributed by atoms with van der Waals surface area (Å²) in [5, 5.41) is 6.75. The van der Waals surface area contributed by atoms with E-state index in [0.29, 0.717) is 0 Å². The van der Waals surface area contributed by atoms with Crippen LogP contribution in [0.5, 0.6) is 0 Å². The van der Waals surface area contributed by atoms with Crippen molar-refractivity contribution < 1.29 is 4.79 Å². The third-order valence-electron chi connectivity index (χ3n) is 5.56. The van der Waals surface area contributed by atoms with Gasteiger partial charge in [-0.25, -0.2) is 0 Å². The highest BCUT2D eigenvalue weighted by molar-refractivity contribution is 5.77. The quantitative estimate of drug-likeness (QED) is 0.747. The van der Waals surface area contributed by atoms with Crippen LogP contribution >= 0.6 is 0 Å². The molecule has 0 unspecified atom stereocenters. The summed E-state index contributed by atoms with van der Waals surface area (Å²) in [5.74, 6) is 4.21. The van der Waals surface area contributed by atoms with Crippen LogP contribution in [0.25, 0.3) is 0 Å². The minimum absolute atomic E-state index is 0.0983. The Labute approximate surface area is 116 Å². The zero-order valence-corrected chi connectivity index (χ0v) is 12.3. The van der Waals surface area contributed by atoms with Crippen molar-refractivity contribution in [2.24, 2.45) is 29.6 Å². The number of hydrogen-bond acceptors (Lipinski definition) is 2. The fourth-order valence-corrected chi connectivity index (χ4v) is 4.89. The Morgan fingerprint density at radius 1 is 1.00 bits per heavy atom. The van der Waals surface area contributed by atoms with Gasteiger partial charge in [-0.2, -0.15) is 0 Å². The van der Waals surface area contributed by atoms with Crippen LogP contribution in [0, 0.1) is 29.6 Å². The lowest BCUT2D eigenvalue weighted by atomic mass is 9.54. The molecular weight excluding hydrogens is 236 g/mol. The summed E-state index contributed by atoms with van der Waals surface area (Å²) < 4.78 is 0. The molecule has 0 aliphatic heterocycles. The van der Waals surface area contributed by atoms with Crippen molar-refractivity contribution in [2.45, 2.75) is 52.0 Å². The molecule has 1 amide bonds. The maximum atomic E-state index is 11.5. The van der Waals surface area contributed by atoms with Gasteiger partial charge in [0.25, 0.3) is 0 Å². The number of hydrogen-bond donors (Lipinski definition) is 2. The van der Waals surface area contributed by atoms with Gasteiger partial charge in [0.1, 0.15) is 0 Å². The second-order valence-electron chi connectivity index (χ2n) is 7.36. The van der Waals surface area contributed by atoms with Crippen LogP contribution in [0.15, 0.2) is 0 Å². The Bertz CT molecular complexity index is 312. The maximum Gasteiger partial charge on any atom is 0.222 e. The monoisotopic (exact) mass is 264 g/mol. The predicted octanol–water partition coefficient (Wildman–Crippen LogP) is 2.17. The Balaban J connectivity index is 1.42. The molecule has 4 aliphatic carbocycles. The number of amides is 1.